The molecule has 0 bridgehead atoms. The fraction of sp³-hybridized carbons (Fsp3) is 0.143. The van der Waals surface area contributed by atoms with Crippen LogP contribution < -0.4 is 0 Å². The summed E-state index contributed by atoms with van der Waals surface area (Å²) >= 11 is 0. The lowest BCUT2D eigenvalue weighted by Crippen LogP contribution is -2.22. The number of aliphatic hydroxyl groups is 2. The van der Waals surface area contributed by atoms with E-state index in [1.54, 1.807) is 54.6 Å². The van der Waals surface area contributed by atoms with Gasteiger partial charge in [0.25, 0.3) is 30.4 Å². The molecule has 0 heterocycles. The molecule has 0 fully saturated rings. The molecule has 0 saturated carbocycles. The topological polar surface area (TPSA) is 193 Å². The quantitative estimate of drug-likeness (QED) is 0.248. The molecule has 11 nitrogen and oxygen atoms in total. The minimum absolute atomic E-state index is 0.0233. The molecular weight excluding hydrogens is 524 g/mol. The zero-order valence-corrected chi connectivity index (χ0v) is 20.5. The van der Waals surface area contributed by atoms with E-state index in [0.29, 0.717) is 0 Å². The summed E-state index contributed by atoms with van der Waals surface area (Å²) in [5, 5.41) is 17.4. The fourth-order valence-electron chi connectivity index (χ4n) is 2.06. The molecular formula is C21H24O11S3. The van der Waals surface area contributed by atoms with Crippen molar-refractivity contribution >= 4 is 30.4 Å². The van der Waals surface area contributed by atoms with Crippen molar-refractivity contribution in [1.29, 1.82) is 0 Å². The second kappa shape index (κ2) is 14.0. The first kappa shape index (κ1) is 30.3. The normalized spacial score (nSPS) is 12.3. The van der Waals surface area contributed by atoms with Crippen LogP contribution in [0.25, 0.3) is 0 Å². The summed E-state index contributed by atoms with van der Waals surface area (Å²) in [7, 11) is -11.8. The van der Waals surface area contributed by atoms with Gasteiger partial charge in [-0.3, -0.25) is 13.3 Å². The average Bonchev–Trinajstić information content (AvgIpc) is 2.84. The number of hydrogen-bond acceptors (Lipinski definition) is 9. The summed E-state index contributed by atoms with van der Waals surface area (Å²) in [6.45, 7) is -0.988. The molecule has 1 unspecified atom stereocenters. The Balaban J connectivity index is 0.000000271. The van der Waals surface area contributed by atoms with E-state index in [4.69, 9.17) is 19.3 Å². The van der Waals surface area contributed by atoms with Gasteiger partial charge in [-0.1, -0.05) is 54.6 Å². The SMILES string of the molecule is O=S(=O)(O)c1ccccc1.O=S(=O)(O)c1ccccc1.O=S(=O)(OCC(O)CO)c1ccccc1. The van der Waals surface area contributed by atoms with Gasteiger partial charge in [-0.2, -0.15) is 25.3 Å². The van der Waals surface area contributed by atoms with Gasteiger partial charge in [-0.05, 0) is 36.4 Å². The number of rotatable bonds is 7. The van der Waals surface area contributed by atoms with Gasteiger partial charge < -0.3 is 10.2 Å². The molecule has 35 heavy (non-hydrogen) atoms. The van der Waals surface area contributed by atoms with E-state index in [0.717, 1.165) is 0 Å². The van der Waals surface area contributed by atoms with Crippen LogP contribution >= 0.6 is 0 Å². The van der Waals surface area contributed by atoms with Crippen LogP contribution in [0.4, 0.5) is 0 Å². The molecule has 0 aliphatic carbocycles. The van der Waals surface area contributed by atoms with Crippen LogP contribution in [0.15, 0.2) is 106 Å². The van der Waals surface area contributed by atoms with Crippen molar-refractivity contribution < 1.29 is 48.8 Å². The van der Waals surface area contributed by atoms with Crippen LogP contribution in [-0.2, 0) is 34.5 Å². The van der Waals surface area contributed by atoms with Gasteiger partial charge >= 0.3 is 0 Å². The predicted octanol–water partition coefficient (Wildman–Crippen LogP) is 1.61. The maximum absolute atomic E-state index is 11.4. The zero-order valence-electron chi connectivity index (χ0n) is 18.0. The van der Waals surface area contributed by atoms with E-state index in [9.17, 15) is 25.3 Å². The second-order valence-electron chi connectivity index (χ2n) is 6.46. The van der Waals surface area contributed by atoms with Gasteiger partial charge in [-0.25, -0.2) is 0 Å². The van der Waals surface area contributed by atoms with Crippen LogP contribution in [-0.4, -0.2) is 63.9 Å². The summed E-state index contributed by atoms with van der Waals surface area (Å²) in [5.74, 6) is 0. The molecule has 0 aliphatic rings. The maximum atomic E-state index is 11.4. The van der Waals surface area contributed by atoms with Crippen LogP contribution in [0.1, 0.15) is 0 Å². The Bertz CT molecular complexity index is 1260. The van der Waals surface area contributed by atoms with E-state index in [1.165, 1.54) is 36.4 Å². The third-order valence-electron chi connectivity index (χ3n) is 3.74. The Morgan fingerprint density at radius 2 is 0.914 bits per heavy atom. The molecule has 192 valence electrons. The molecule has 0 radical (unpaired) electrons. The first-order valence-electron chi connectivity index (χ1n) is 9.56. The van der Waals surface area contributed by atoms with E-state index in [1.807, 2.05) is 0 Å². The lowest BCUT2D eigenvalue weighted by molar-refractivity contribution is 0.0557. The Morgan fingerprint density at radius 1 is 0.600 bits per heavy atom. The fourth-order valence-corrected chi connectivity index (χ4v) is 4.03. The van der Waals surface area contributed by atoms with Gasteiger partial charge in [0.15, 0.2) is 0 Å². The van der Waals surface area contributed by atoms with E-state index >= 15 is 0 Å². The van der Waals surface area contributed by atoms with E-state index < -0.39 is 49.7 Å². The van der Waals surface area contributed by atoms with Crippen molar-refractivity contribution in [2.45, 2.75) is 20.8 Å². The Hall–Kier alpha value is -2.69. The highest BCUT2D eigenvalue weighted by Gasteiger charge is 2.16. The molecule has 3 aromatic carbocycles. The van der Waals surface area contributed by atoms with Crippen LogP contribution in [0.2, 0.25) is 0 Å². The summed E-state index contributed by atoms with van der Waals surface area (Å²) in [5.41, 5.74) is 0. The van der Waals surface area contributed by atoms with Crippen molar-refractivity contribution in [3.8, 4) is 0 Å². The lowest BCUT2D eigenvalue weighted by atomic mass is 10.4. The highest BCUT2D eigenvalue weighted by atomic mass is 32.2. The highest BCUT2D eigenvalue weighted by Crippen LogP contribution is 2.11. The highest BCUT2D eigenvalue weighted by molar-refractivity contribution is 7.87. The third-order valence-corrected chi connectivity index (χ3v) is 6.77. The predicted molar refractivity (Wildman–Crippen MR) is 125 cm³/mol. The molecule has 0 amide bonds. The van der Waals surface area contributed by atoms with Crippen molar-refractivity contribution in [3.63, 3.8) is 0 Å². The minimum atomic E-state index is -4.00. The molecule has 0 saturated heterocycles. The standard InChI is InChI=1S/C9H12O5S.2C6H6O3S/c10-6-8(11)7-14-15(12,13)9-4-2-1-3-5-9;2*7-10(8,9)6-4-2-1-3-5-6/h1-5,8,10-11H,6-7H2;2*1-5H,(H,7,8,9). The Morgan fingerprint density at radius 3 is 1.17 bits per heavy atom. The summed E-state index contributed by atoms with van der Waals surface area (Å²) in [6, 6.07) is 22.4. The first-order valence-corrected chi connectivity index (χ1v) is 13.8. The zero-order chi connectivity index (χ0) is 26.5. The largest absolute Gasteiger partial charge is 0.394 e. The number of hydrogen-bond donors (Lipinski definition) is 4. The van der Waals surface area contributed by atoms with Crippen LogP contribution in [0, 0.1) is 0 Å². The molecule has 1 atom stereocenters. The van der Waals surface area contributed by atoms with Crippen molar-refractivity contribution in [2.24, 2.45) is 0 Å². The van der Waals surface area contributed by atoms with E-state index in [2.05, 4.69) is 4.18 Å². The Kier molecular flexibility index (Phi) is 12.1. The first-order chi connectivity index (χ1) is 16.3. The molecule has 3 rings (SSSR count). The second-order valence-corrected chi connectivity index (χ2v) is 10.9. The minimum Gasteiger partial charge on any atom is -0.394 e. The molecule has 4 N–H and O–H groups in total. The smallest absolute Gasteiger partial charge is 0.297 e. The van der Waals surface area contributed by atoms with E-state index in [-0.39, 0.29) is 14.7 Å². The number of aliphatic hydroxyl groups excluding tert-OH is 2. The lowest BCUT2D eigenvalue weighted by Gasteiger charge is -2.08. The Labute approximate surface area is 203 Å². The van der Waals surface area contributed by atoms with Crippen LogP contribution in [0.3, 0.4) is 0 Å². The van der Waals surface area contributed by atoms with Crippen molar-refractivity contribution in [2.75, 3.05) is 13.2 Å². The molecule has 3 aromatic rings. The average molecular weight is 549 g/mol. The number of benzene rings is 3. The molecule has 0 aliphatic heterocycles. The third kappa shape index (κ3) is 12.0. The van der Waals surface area contributed by atoms with Crippen molar-refractivity contribution in [1.82, 2.24) is 0 Å². The van der Waals surface area contributed by atoms with Crippen LogP contribution in [0.5, 0.6) is 0 Å². The van der Waals surface area contributed by atoms with Crippen molar-refractivity contribution in [3.05, 3.63) is 91.0 Å². The molecule has 0 spiro atoms. The summed E-state index contributed by atoms with van der Waals surface area (Å²) < 4.78 is 85.9. The molecule has 0 aromatic heterocycles. The van der Waals surface area contributed by atoms with Gasteiger partial charge in [-0.15, -0.1) is 0 Å². The van der Waals surface area contributed by atoms with Gasteiger partial charge in [0.1, 0.15) is 6.10 Å². The maximum Gasteiger partial charge on any atom is 0.297 e. The summed E-state index contributed by atoms with van der Waals surface area (Å²) in [4.78, 5) is -0.125. The van der Waals surface area contributed by atoms with Gasteiger partial charge in [0, 0.05) is 0 Å². The molecule has 14 heteroatoms. The van der Waals surface area contributed by atoms with Gasteiger partial charge in [0.2, 0.25) is 0 Å². The van der Waals surface area contributed by atoms with Gasteiger partial charge in [0.05, 0.1) is 27.9 Å². The summed E-state index contributed by atoms with van der Waals surface area (Å²) in [6.07, 6.45) is -1.19. The monoisotopic (exact) mass is 548 g/mol.